The molecule has 0 spiro atoms. The number of methoxy groups -OCH3 is 1. The number of rotatable bonds is 4. The van der Waals surface area contributed by atoms with E-state index in [2.05, 4.69) is 10.1 Å². The van der Waals surface area contributed by atoms with Crippen molar-refractivity contribution in [3.8, 4) is 0 Å². The summed E-state index contributed by atoms with van der Waals surface area (Å²) in [6.45, 7) is 5.07. The van der Waals surface area contributed by atoms with Crippen molar-refractivity contribution in [2.75, 3.05) is 20.2 Å². The van der Waals surface area contributed by atoms with Gasteiger partial charge in [-0.2, -0.15) is 0 Å². The highest BCUT2D eigenvalue weighted by Gasteiger charge is 2.39. The van der Waals surface area contributed by atoms with E-state index in [9.17, 15) is 9.59 Å². The van der Waals surface area contributed by atoms with E-state index in [4.69, 9.17) is 0 Å². The maximum Gasteiger partial charge on any atom is 0.323 e. The summed E-state index contributed by atoms with van der Waals surface area (Å²) in [4.78, 5) is 24.7. The molecule has 1 rings (SSSR count). The molecule has 0 aliphatic carbocycles. The third-order valence-corrected chi connectivity index (χ3v) is 2.76. The van der Waals surface area contributed by atoms with E-state index in [1.54, 1.807) is 6.92 Å². The van der Waals surface area contributed by atoms with Crippen molar-refractivity contribution in [2.45, 2.75) is 32.4 Å². The lowest BCUT2D eigenvalue weighted by Gasteiger charge is -2.42. The number of hydrogen-bond donors (Lipinski definition) is 1. The molecule has 0 aromatic heterocycles. The lowest BCUT2D eigenvalue weighted by Crippen LogP contribution is -2.60. The number of carbonyl (C=O) groups is 2. The van der Waals surface area contributed by atoms with Gasteiger partial charge in [0.1, 0.15) is 6.04 Å². The Kier molecular flexibility index (Phi) is 4.08. The van der Waals surface area contributed by atoms with Gasteiger partial charge in [0.25, 0.3) is 0 Å². The Bertz CT molecular complexity index is 255. The molecule has 1 N–H and O–H groups in total. The molecule has 15 heavy (non-hydrogen) atoms. The largest absolute Gasteiger partial charge is 0.468 e. The van der Waals surface area contributed by atoms with Crippen LogP contribution in [0.1, 0.15) is 20.3 Å². The molecule has 1 heterocycles. The Labute approximate surface area is 89.8 Å². The molecule has 1 amide bonds. The van der Waals surface area contributed by atoms with Crippen molar-refractivity contribution < 1.29 is 14.3 Å². The monoisotopic (exact) mass is 214 g/mol. The summed E-state index contributed by atoms with van der Waals surface area (Å²) >= 11 is 0. The molecular weight excluding hydrogens is 196 g/mol. The number of likely N-dealkylation sites (tertiary alicyclic amines) is 1. The first-order valence-corrected chi connectivity index (χ1v) is 5.23. The molecule has 1 aliphatic heterocycles. The molecule has 86 valence electrons. The number of likely N-dealkylation sites (N-methyl/N-ethyl adjacent to an activating group) is 1. The van der Waals surface area contributed by atoms with Crippen LogP contribution in [0.15, 0.2) is 0 Å². The summed E-state index contributed by atoms with van der Waals surface area (Å²) in [5.41, 5.74) is 0. The first kappa shape index (κ1) is 12.0. The van der Waals surface area contributed by atoms with Crippen LogP contribution in [0.25, 0.3) is 0 Å². The van der Waals surface area contributed by atoms with Crippen LogP contribution in [0.5, 0.6) is 0 Å². The first-order valence-electron chi connectivity index (χ1n) is 5.23. The summed E-state index contributed by atoms with van der Waals surface area (Å²) in [6, 6.07) is -0.504. The quantitative estimate of drug-likeness (QED) is 0.656. The SMILES string of the molecule is CCNC(=O)C(C)N1CCC1C(=O)OC. The summed E-state index contributed by atoms with van der Waals surface area (Å²) in [5.74, 6) is -0.288. The van der Waals surface area contributed by atoms with Gasteiger partial charge in [-0.15, -0.1) is 0 Å². The smallest absolute Gasteiger partial charge is 0.323 e. The summed E-state index contributed by atoms with van der Waals surface area (Å²) < 4.78 is 4.66. The zero-order chi connectivity index (χ0) is 11.4. The zero-order valence-corrected chi connectivity index (χ0v) is 9.45. The fraction of sp³-hybridized carbons (Fsp3) is 0.800. The van der Waals surface area contributed by atoms with E-state index in [1.165, 1.54) is 7.11 Å². The average molecular weight is 214 g/mol. The summed E-state index contributed by atoms with van der Waals surface area (Å²) in [6.07, 6.45) is 0.774. The molecule has 0 saturated carbocycles. The Morgan fingerprint density at radius 1 is 1.60 bits per heavy atom. The third-order valence-electron chi connectivity index (χ3n) is 2.76. The van der Waals surface area contributed by atoms with Crippen LogP contribution < -0.4 is 5.32 Å². The van der Waals surface area contributed by atoms with Crippen LogP contribution >= 0.6 is 0 Å². The maximum atomic E-state index is 11.5. The standard InChI is InChI=1S/C10H18N2O3/c1-4-11-9(13)7(2)12-6-5-8(12)10(14)15-3/h7-8H,4-6H2,1-3H3,(H,11,13). The number of hydrogen-bond acceptors (Lipinski definition) is 4. The highest BCUT2D eigenvalue weighted by atomic mass is 16.5. The molecule has 0 bridgehead atoms. The van der Waals surface area contributed by atoms with Crippen LogP contribution in [-0.2, 0) is 14.3 Å². The van der Waals surface area contributed by atoms with Gasteiger partial charge in [0.2, 0.25) is 5.91 Å². The topological polar surface area (TPSA) is 58.6 Å². The fourth-order valence-electron chi connectivity index (χ4n) is 1.73. The van der Waals surface area contributed by atoms with Crippen molar-refractivity contribution >= 4 is 11.9 Å². The van der Waals surface area contributed by atoms with Gasteiger partial charge in [0, 0.05) is 13.1 Å². The van der Waals surface area contributed by atoms with Crippen molar-refractivity contribution in [3.63, 3.8) is 0 Å². The van der Waals surface area contributed by atoms with Gasteiger partial charge in [-0.1, -0.05) is 0 Å². The third kappa shape index (κ3) is 2.47. The van der Waals surface area contributed by atoms with Crippen LogP contribution in [0, 0.1) is 0 Å². The van der Waals surface area contributed by atoms with Gasteiger partial charge in [-0.25, -0.2) is 0 Å². The Morgan fingerprint density at radius 2 is 2.27 bits per heavy atom. The van der Waals surface area contributed by atoms with Crippen molar-refractivity contribution in [1.82, 2.24) is 10.2 Å². The number of carbonyl (C=O) groups excluding carboxylic acids is 2. The fourth-order valence-corrected chi connectivity index (χ4v) is 1.73. The van der Waals surface area contributed by atoms with Crippen molar-refractivity contribution in [1.29, 1.82) is 0 Å². The predicted molar refractivity (Wildman–Crippen MR) is 55.3 cm³/mol. The molecule has 5 nitrogen and oxygen atoms in total. The lowest BCUT2D eigenvalue weighted by molar-refractivity contribution is -0.155. The van der Waals surface area contributed by atoms with Crippen LogP contribution in [0.2, 0.25) is 0 Å². The number of nitrogens with zero attached hydrogens (tertiary/aromatic N) is 1. The van der Waals surface area contributed by atoms with Gasteiger partial charge in [0.15, 0.2) is 0 Å². The highest BCUT2D eigenvalue weighted by molar-refractivity contribution is 5.83. The Hall–Kier alpha value is -1.10. The number of amides is 1. The molecule has 1 fully saturated rings. The van der Waals surface area contributed by atoms with Crippen LogP contribution in [-0.4, -0.2) is 49.1 Å². The molecular formula is C10H18N2O3. The average Bonchev–Trinajstić information content (AvgIpc) is 2.16. The number of esters is 1. The molecule has 1 aliphatic rings. The zero-order valence-electron chi connectivity index (χ0n) is 9.45. The molecule has 5 heteroatoms. The molecule has 0 radical (unpaired) electrons. The second kappa shape index (κ2) is 5.11. The number of ether oxygens (including phenoxy) is 1. The van der Waals surface area contributed by atoms with Gasteiger partial charge in [-0.05, 0) is 20.3 Å². The van der Waals surface area contributed by atoms with E-state index in [0.717, 1.165) is 13.0 Å². The minimum Gasteiger partial charge on any atom is -0.468 e. The highest BCUT2D eigenvalue weighted by Crippen LogP contribution is 2.21. The maximum absolute atomic E-state index is 11.5. The second-order valence-corrected chi connectivity index (χ2v) is 3.64. The van der Waals surface area contributed by atoms with E-state index in [-0.39, 0.29) is 24.0 Å². The van der Waals surface area contributed by atoms with Gasteiger partial charge in [-0.3, -0.25) is 14.5 Å². The second-order valence-electron chi connectivity index (χ2n) is 3.64. The Morgan fingerprint density at radius 3 is 2.67 bits per heavy atom. The Balaban J connectivity index is 2.50. The van der Waals surface area contributed by atoms with E-state index >= 15 is 0 Å². The molecule has 0 aromatic rings. The van der Waals surface area contributed by atoms with Crippen molar-refractivity contribution in [2.24, 2.45) is 0 Å². The van der Waals surface area contributed by atoms with Crippen LogP contribution in [0.3, 0.4) is 0 Å². The molecule has 1 saturated heterocycles. The summed E-state index contributed by atoms with van der Waals surface area (Å²) in [7, 11) is 1.37. The lowest BCUT2D eigenvalue weighted by atomic mass is 10.00. The van der Waals surface area contributed by atoms with Gasteiger partial charge >= 0.3 is 5.97 Å². The minimum atomic E-state index is -0.261. The normalized spacial score (nSPS) is 22.7. The minimum absolute atomic E-state index is 0.0360. The number of nitrogens with one attached hydrogen (secondary N) is 1. The first-order chi connectivity index (χ1) is 7.11. The molecule has 2 unspecified atom stereocenters. The van der Waals surface area contributed by atoms with E-state index in [0.29, 0.717) is 6.54 Å². The summed E-state index contributed by atoms with van der Waals surface area (Å²) in [5, 5.41) is 2.74. The van der Waals surface area contributed by atoms with E-state index < -0.39 is 0 Å². The molecule has 2 atom stereocenters. The van der Waals surface area contributed by atoms with Crippen molar-refractivity contribution in [3.05, 3.63) is 0 Å². The molecule has 0 aromatic carbocycles. The van der Waals surface area contributed by atoms with E-state index in [1.807, 2.05) is 11.8 Å². The van der Waals surface area contributed by atoms with Gasteiger partial charge < -0.3 is 10.1 Å². The van der Waals surface area contributed by atoms with Gasteiger partial charge in [0.05, 0.1) is 13.2 Å². The predicted octanol–water partition coefficient (Wildman–Crippen LogP) is -0.242. The van der Waals surface area contributed by atoms with Crippen LogP contribution in [0.4, 0.5) is 0 Å².